The van der Waals surface area contributed by atoms with Crippen LogP contribution in [0.1, 0.15) is 5.56 Å². The average Bonchev–Trinajstić information content (AvgIpc) is 2.70. The Morgan fingerprint density at radius 3 is 2.79 bits per heavy atom. The third-order valence-corrected chi connectivity index (χ3v) is 2.12. The predicted molar refractivity (Wildman–Crippen MR) is 53.9 cm³/mol. The molecule has 0 atom stereocenters. The van der Waals surface area contributed by atoms with Gasteiger partial charge in [0.2, 0.25) is 0 Å². The number of halogens is 1. The molecule has 0 bridgehead atoms. The van der Waals surface area contributed by atoms with Crippen LogP contribution in [0.4, 0.5) is 0 Å². The smallest absolute Gasteiger partial charge is 0.135 e. The number of nitrogens with zero attached hydrogens (tertiary/aromatic N) is 1. The van der Waals surface area contributed by atoms with Gasteiger partial charge in [-0.3, -0.25) is 0 Å². The fourth-order valence-electron chi connectivity index (χ4n) is 1.25. The van der Waals surface area contributed by atoms with Gasteiger partial charge in [-0.1, -0.05) is 11.6 Å². The Labute approximate surface area is 86.3 Å². The molecule has 0 unspecified atom stereocenters. The Kier molecular flexibility index (Phi) is 2.26. The van der Waals surface area contributed by atoms with E-state index in [1.807, 2.05) is 0 Å². The highest BCUT2D eigenvalue weighted by molar-refractivity contribution is 6.30. The largest absolute Gasteiger partial charge is 0.464 e. The first-order valence-corrected chi connectivity index (χ1v) is 4.42. The summed E-state index contributed by atoms with van der Waals surface area (Å²) >= 11 is 5.84. The lowest BCUT2D eigenvalue weighted by Crippen LogP contribution is -1.81. The van der Waals surface area contributed by atoms with Crippen LogP contribution in [0.15, 0.2) is 41.0 Å². The van der Waals surface area contributed by atoms with Crippen molar-refractivity contribution >= 4 is 11.6 Å². The lowest BCUT2D eigenvalue weighted by molar-refractivity contribution is 0.582. The van der Waals surface area contributed by atoms with Crippen molar-refractivity contribution in [3.8, 4) is 17.4 Å². The van der Waals surface area contributed by atoms with Crippen molar-refractivity contribution in [2.75, 3.05) is 0 Å². The third kappa shape index (κ3) is 1.50. The maximum Gasteiger partial charge on any atom is 0.135 e. The number of nitriles is 1. The van der Waals surface area contributed by atoms with Crippen LogP contribution in [0.3, 0.4) is 0 Å². The molecule has 0 aliphatic rings. The number of rotatable bonds is 1. The summed E-state index contributed by atoms with van der Waals surface area (Å²) in [4.78, 5) is 0. The topological polar surface area (TPSA) is 36.9 Å². The van der Waals surface area contributed by atoms with E-state index in [1.54, 1.807) is 36.6 Å². The van der Waals surface area contributed by atoms with E-state index in [9.17, 15) is 0 Å². The molecule has 1 aromatic heterocycles. The predicted octanol–water partition coefficient (Wildman–Crippen LogP) is 3.47. The summed E-state index contributed by atoms with van der Waals surface area (Å²) in [7, 11) is 0. The molecule has 0 radical (unpaired) electrons. The second-order valence-electron chi connectivity index (χ2n) is 2.78. The molecule has 1 heterocycles. The fourth-order valence-corrected chi connectivity index (χ4v) is 1.42. The molecule has 0 spiro atoms. The van der Waals surface area contributed by atoms with E-state index in [1.165, 1.54) is 0 Å². The zero-order valence-electron chi connectivity index (χ0n) is 7.20. The van der Waals surface area contributed by atoms with Crippen molar-refractivity contribution in [3.05, 3.63) is 47.2 Å². The summed E-state index contributed by atoms with van der Waals surface area (Å²) in [5.74, 6) is 0.657. The molecule has 68 valence electrons. The molecule has 2 rings (SSSR count). The Bertz CT molecular complexity index is 482. The van der Waals surface area contributed by atoms with Crippen molar-refractivity contribution in [1.82, 2.24) is 0 Å². The zero-order chi connectivity index (χ0) is 9.97. The molecule has 0 amide bonds. The highest BCUT2D eigenvalue weighted by Gasteiger charge is 2.07. The van der Waals surface area contributed by atoms with Gasteiger partial charge in [0.25, 0.3) is 0 Å². The number of hydrogen-bond acceptors (Lipinski definition) is 2. The van der Waals surface area contributed by atoms with Crippen LogP contribution in [-0.4, -0.2) is 0 Å². The molecule has 0 fully saturated rings. The molecule has 2 aromatic rings. The summed E-state index contributed by atoms with van der Waals surface area (Å²) in [6, 6.07) is 10.8. The lowest BCUT2D eigenvalue weighted by atomic mass is 10.1. The molecule has 0 saturated heterocycles. The molecule has 3 heteroatoms. The van der Waals surface area contributed by atoms with E-state index in [2.05, 4.69) is 6.07 Å². The number of benzene rings is 1. The maximum absolute atomic E-state index is 8.87. The molecule has 0 N–H and O–H groups in total. The van der Waals surface area contributed by atoms with Gasteiger partial charge < -0.3 is 4.42 Å². The van der Waals surface area contributed by atoms with Gasteiger partial charge in [0.15, 0.2) is 0 Å². The van der Waals surface area contributed by atoms with Gasteiger partial charge in [-0.2, -0.15) is 5.26 Å². The van der Waals surface area contributed by atoms with Crippen LogP contribution in [-0.2, 0) is 0 Å². The highest BCUT2D eigenvalue weighted by Crippen LogP contribution is 2.26. The Morgan fingerprint density at radius 2 is 2.14 bits per heavy atom. The SMILES string of the molecule is N#Cc1ccc(Cl)cc1-c1ccco1. The van der Waals surface area contributed by atoms with E-state index in [-0.39, 0.29) is 0 Å². The molecule has 0 saturated carbocycles. The minimum Gasteiger partial charge on any atom is -0.464 e. The second kappa shape index (κ2) is 3.57. The molecule has 2 nitrogen and oxygen atoms in total. The highest BCUT2D eigenvalue weighted by atomic mass is 35.5. The molecular formula is C11H6ClNO. The van der Waals surface area contributed by atoms with Gasteiger partial charge in [-0.15, -0.1) is 0 Å². The summed E-state index contributed by atoms with van der Waals surface area (Å²) in [6.45, 7) is 0. The van der Waals surface area contributed by atoms with Gasteiger partial charge >= 0.3 is 0 Å². The third-order valence-electron chi connectivity index (χ3n) is 1.89. The van der Waals surface area contributed by atoms with Crippen LogP contribution in [0.25, 0.3) is 11.3 Å². The van der Waals surface area contributed by atoms with Crippen LogP contribution in [0, 0.1) is 11.3 Å². The monoisotopic (exact) mass is 203 g/mol. The first-order chi connectivity index (χ1) is 6.81. The summed E-state index contributed by atoms with van der Waals surface area (Å²) < 4.78 is 5.21. The molecule has 1 aromatic carbocycles. The van der Waals surface area contributed by atoms with Crippen LogP contribution in [0.5, 0.6) is 0 Å². The van der Waals surface area contributed by atoms with Gasteiger partial charge in [0, 0.05) is 10.6 Å². The van der Waals surface area contributed by atoms with Crippen molar-refractivity contribution in [3.63, 3.8) is 0 Å². The first kappa shape index (κ1) is 8.86. The van der Waals surface area contributed by atoms with E-state index < -0.39 is 0 Å². The van der Waals surface area contributed by atoms with E-state index in [0.29, 0.717) is 16.3 Å². The van der Waals surface area contributed by atoms with Gasteiger partial charge in [-0.25, -0.2) is 0 Å². The molecule has 14 heavy (non-hydrogen) atoms. The van der Waals surface area contributed by atoms with Gasteiger partial charge in [0.05, 0.1) is 17.9 Å². The van der Waals surface area contributed by atoms with Crippen molar-refractivity contribution in [2.24, 2.45) is 0 Å². The quantitative estimate of drug-likeness (QED) is 0.712. The first-order valence-electron chi connectivity index (χ1n) is 4.05. The fraction of sp³-hybridized carbons (Fsp3) is 0. The average molecular weight is 204 g/mol. The van der Waals surface area contributed by atoms with Crippen molar-refractivity contribution in [1.29, 1.82) is 5.26 Å². The van der Waals surface area contributed by atoms with Gasteiger partial charge in [-0.05, 0) is 30.3 Å². The van der Waals surface area contributed by atoms with Gasteiger partial charge in [0.1, 0.15) is 5.76 Å². The number of hydrogen-bond donors (Lipinski definition) is 0. The summed E-state index contributed by atoms with van der Waals surface area (Å²) in [5.41, 5.74) is 1.29. The Balaban J connectivity index is 2.63. The summed E-state index contributed by atoms with van der Waals surface area (Å²) in [6.07, 6.45) is 1.57. The van der Waals surface area contributed by atoms with Crippen LogP contribution >= 0.6 is 11.6 Å². The molecule has 0 aliphatic carbocycles. The number of furan rings is 1. The van der Waals surface area contributed by atoms with Crippen molar-refractivity contribution in [2.45, 2.75) is 0 Å². The van der Waals surface area contributed by atoms with Crippen LogP contribution in [0.2, 0.25) is 5.02 Å². The normalized spacial score (nSPS) is 9.71. The maximum atomic E-state index is 8.87. The van der Waals surface area contributed by atoms with E-state index >= 15 is 0 Å². The van der Waals surface area contributed by atoms with E-state index in [4.69, 9.17) is 21.3 Å². The minimum atomic E-state index is 0.560. The zero-order valence-corrected chi connectivity index (χ0v) is 7.95. The Hall–Kier alpha value is -1.72. The minimum absolute atomic E-state index is 0.560. The lowest BCUT2D eigenvalue weighted by Gasteiger charge is -2.00. The Morgan fingerprint density at radius 1 is 1.29 bits per heavy atom. The van der Waals surface area contributed by atoms with E-state index in [0.717, 1.165) is 5.56 Å². The molecule has 0 aliphatic heterocycles. The standard InChI is InChI=1S/C11H6ClNO/c12-9-4-3-8(7-13)10(6-9)11-2-1-5-14-11/h1-6H. The second-order valence-corrected chi connectivity index (χ2v) is 3.22. The van der Waals surface area contributed by atoms with Crippen LogP contribution < -0.4 is 0 Å². The van der Waals surface area contributed by atoms with Crippen molar-refractivity contribution < 1.29 is 4.42 Å². The summed E-state index contributed by atoms with van der Waals surface area (Å²) in [5, 5.41) is 9.47. The molecular weight excluding hydrogens is 198 g/mol.